The van der Waals surface area contributed by atoms with Gasteiger partial charge in [0.25, 0.3) is 0 Å². The van der Waals surface area contributed by atoms with Crippen molar-refractivity contribution in [1.82, 2.24) is 15.1 Å². The quantitative estimate of drug-likeness (QED) is 0.822. The number of nitrogens with one attached hydrogen (secondary N) is 1. The second-order valence-electron chi connectivity index (χ2n) is 6.79. The molecular formula is C15H31N3. The molecule has 2 atom stereocenters. The van der Waals surface area contributed by atoms with Crippen LogP contribution in [0.3, 0.4) is 0 Å². The third-order valence-electron chi connectivity index (χ3n) is 4.57. The van der Waals surface area contributed by atoms with Crippen molar-refractivity contribution >= 4 is 0 Å². The van der Waals surface area contributed by atoms with Crippen LogP contribution < -0.4 is 5.32 Å². The van der Waals surface area contributed by atoms with Crippen LogP contribution in [-0.4, -0.2) is 62.7 Å². The molecular weight excluding hydrogens is 222 g/mol. The van der Waals surface area contributed by atoms with E-state index in [-0.39, 0.29) is 0 Å². The van der Waals surface area contributed by atoms with Crippen molar-refractivity contribution in [2.45, 2.75) is 38.6 Å². The van der Waals surface area contributed by atoms with Crippen molar-refractivity contribution in [2.24, 2.45) is 11.8 Å². The second kappa shape index (κ2) is 6.88. The molecule has 0 aliphatic carbocycles. The first-order valence-corrected chi connectivity index (χ1v) is 7.74. The van der Waals surface area contributed by atoms with E-state index in [1.165, 1.54) is 58.4 Å². The lowest BCUT2D eigenvalue weighted by Gasteiger charge is -2.37. The molecule has 0 amide bonds. The highest BCUT2D eigenvalue weighted by atomic mass is 15.2. The summed E-state index contributed by atoms with van der Waals surface area (Å²) in [5.41, 5.74) is 0. The van der Waals surface area contributed by atoms with E-state index in [0.29, 0.717) is 0 Å². The summed E-state index contributed by atoms with van der Waals surface area (Å²) in [6.07, 6.45) is 5.51. The normalized spacial score (nSPS) is 32.0. The smallest absolute Gasteiger partial charge is 0.0197 e. The fraction of sp³-hybridized carbons (Fsp3) is 1.00. The Bertz CT molecular complexity index is 234. The van der Waals surface area contributed by atoms with E-state index in [4.69, 9.17) is 0 Å². The first-order chi connectivity index (χ1) is 8.63. The van der Waals surface area contributed by atoms with E-state index in [1.54, 1.807) is 0 Å². The molecule has 2 fully saturated rings. The predicted molar refractivity (Wildman–Crippen MR) is 77.9 cm³/mol. The van der Waals surface area contributed by atoms with Gasteiger partial charge in [0.1, 0.15) is 0 Å². The van der Waals surface area contributed by atoms with Gasteiger partial charge >= 0.3 is 0 Å². The molecule has 0 spiro atoms. The van der Waals surface area contributed by atoms with Gasteiger partial charge in [-0.25, -0.2) is 0 Å². The van der Waals surface area contributed by atoms with Crippen LogP contribution in [0.25, 0.3) is 0 Å². The van der Waals surface area contributed by atoms with Gasteiger partial charge in [0.05, 0.1) is 0 Å². The zero-order valence-corrected chi connectivity index (χ0v) is 12.5. The van der Waals surface area contributed by atoms with Gasteiger partial charge in [-0.05, 0) is 71.2 Å². The molecule has 106 valence electrons. The van der Waals surface area contributed by atoms with Crippen LogP contribution in [0.15, 0.2) is 0 Å². The van der Waals surface area contributed by atoms with Gasteiger partial charge in [-0.2, -0.15) is 0 Å². The van der Waals surface area contributed by atoms with Gasteiger partial charge in [0, 0.05) is 19.1 Å². The average Bonchev–Trinajstić information content (AvgIpc) is 2.31. The Morgan fingerprint density at radius 1 is 1.17 bits per heavy atom. The van der Waals surface area contributed by atoms with Gasteiger partial charge in [-0.15, -0.1) is 0 Å². The molecule has 0 aromatic carbocycles. The number of piperidine rings is 2. The molecule has 2 rings (SSSR count). The molecule has 0 radical (unpaired) electrons. The molecule has 0 saturated carbocycles. The molecule has 0 bridgehead atoms. The van der Waals surface area contributed by atoms with Gasteiger partial charge in [-0.1, -0.05) is 6.92 Å². The van der Waals surface area contributed by atoms with Crippen LogP contribution in [0.4, 0.5) is 0 Å². The standard InChI is InChI=1S/C15H31N3/c1-13-4-7-16-15(10-13)12-18-8-5-14(6-9-18)11-17(2)3/h13-16H,4-12H2,1-3H3. The summed E-state index contributed by atoms with van der Waals surface area (Å²) >= 11 is 0. The molecule has 3 nitrogen and oxygen atoms in total. The van der Waals surface area contributed by atoms with Crippen LogP contribution in [0.1, 0.15) is 32.6 Å². The van der Waals surface area contributed by atoms with Crippen LogP contribution >= 0.6 is 0 Å². The minimum Gasteiger partial charge on any atom is -0.313 e. The Kier molecular flexibility index (Phi) is 5.46. The van der Waals surface area contributed by atoms with E-state index in [2.05, 4.69) is 36.1 Å². The summed E-state index contributed by atoms with van der Waals surface area (Å²) in [6.45, 7) is 8.79. The van der Waals surface area contributed by atoms with Crippen molar-refractivity contribution in [2.75, 3.05) is 46.8 Å². The Hall–Kier alpha value is -0.120. The van der Waals surface area contributed by atoms with Crippen LogP contribution in [-0.2, 0) is 0 Å². The van der Waals surface area contributed by atoms with E-state index < -0.39 is 0 Å². The Morgan fingerprint density at radius 3 is 2.50 bits per heavy atom. The summed E-state index contributed by atoms with van der Waals surface area (Å²) in [5, 5.41) is 3.69. The highest BCUT2D eigenvalue weighted by Crippen LogP contribution is 2.20. The van der Waals surface area contributed by atoms with E-state index in [9.17, 15) is 0 Å². The zero-order valence-electron chi connectivity index (χ0n) is 12.5. The summed E-state index contributed by atoms with van der Waals surface area (Å²) in [5.74, 6) is 1.84. The maximum absolute atomic E-state index is 3.69. The van der Waals surface area contributed by atoms with E-state index in [0.717, 1.165) is 17.9 Å². The summed E-state index contributed by atoms with van der Waals surface area (Å²) in [6, 6.07) is 0.749. The summed E-state index contributed by atoms with van der Waals surface area (Å²) in [4.78, 5) is 5.02. The minimum absolute atomic E-state index is 0.749. The lowest BCUT2D eigenvalue weighted by atomic mass is 9.92. The molecule has 3 heteroatoms. The molecule has 0 aromatic heterocycles. The number of hydrogen-bond acceptors (Lipinski definition) is 3. The number of nitrogens with zero attached hydrogens (tertiary/aromatic N) is 2. The molecule has 18 heavy (non-hydrogen) atoms. The SMILES string of the molecule is CC1CCNC(CN2CCC(CN(C)C)CC2)C1. The lowest BCUT2D eigenvalue weighted by molar-refractivity contribution is 0.139. The summed E-state index contributed by atoms with van der Waals surface area (Å²) in [7, 11) is 4.39. The van der Waals surface area contributed by atoms with Crippen molar-refractivity contribution in [1.29, 1.82) is 0 Å². The van der Waals surface area contributed by atoms with Crippen molar-refractivity contribution < 1.29 is 0 Å². The zero-order chi connectivity index (χ0) is 13.0. The average molecular weight is 253 g/mol. The van der Waals surface area contributed by atoms with E-state index in [1.807, 2.05) is 0 Å². The topological polar surface area (TPSA) is 18.5 Å². The van der Waals surface area contributed by atoms with Gasteiger partial charge in [0.15, 0.2) is 0 Å². The monoisotopic (exact) mass is 253 g/mol. The Labute approximate surface area is 113 Å². The molecule has 1 N–H and O–H groups in total. The Balaban J connectivity index is 1.66. The number of rotatable bonds is 4. The van der Waals surface area contributed by atoms with E-state index >= 15 is 0 Å². The predicted octanol–water partition coefficient (Wildman–Crippen LogP) is 1.65. The van der Waals surface area contributed by atoms with Crippen LogP contribution in [0.2, 0.25) is 0 Å². The third-order valence-corrected chi connectivity index (χ3v) is 4.57. The van der Waals surface area contributed by atoms with Gasteiger partial charge in [0.2, 0.25) is 0 Å². The highest BCUT2D eigenvalue weighted by molar-refractivity contribution is 4.82. The van der Waals surface area contributed by atoms with Crippen molar-refractivity contribution in [3.05, 3.63) is 0 Å². The molecule has 2 aliphatic rings. The largest absolute Gasteiger partial charge is 0.313 e. The first kappa shape index (κ1) is 14.3. The second-order valence-corrected chi connectivity index (χ2v) is 6.79. The first-order valence-electron chi connectivity index (χ1n) is 7.74. The number of hydrogen-bond donors (Lipinski definition) is 1. The molecule has 2 unspecified atom stereocenters. The van der Waals surface area contributed by atoms with Gasteiger partial charge < -0.3 is 15.1 Å². The fourth-order valence-corrected chi connectivity index (χ4v) is 3.54. The lowest BCUT2D eigenvalue weighted by Crippen LogP contribution is -2.48. The van der Waals surface area contributed by atoms with Gasteiger partial charge in [-0.3, -0.25) is 0 Å². The Morgan fingerprint density at radius 2 is 1.89 bits per heavy atom. The van der Waals surface area contributed by atoms with Crippen LogP contribution in [0.5, 0.6) is 0 Å². The molecule has 2 saturated heterocycles. The maximum atomic E-state index is 3.69. The maximum Gasteiger partial charge on any atom is 0.0197 e. The molecule has 2 aliphatic heterocycles. The van der Waals surface area contributed by atoms with Crippen LogP contribution in [0, 0.1) is 11.8 Å². The molecule has 2 heterocycles. The molecule has 0 aromatic rings. The summed E-state index contributed by atoms with van der Waals surface area (Å²) < 4.78 is 0. The minimum atomic E-state index is 0.749. The fourth-order valence-electron chi connectivity index (χ4n) is 3.54. The van der Waals surface area contributed by atoms with Crippen molar-refractivity contribution in [3.63, 3.8) is 0 Å². The highest BCUT2D eigenvalue weighted by Gasteiger charge is 2.24. The number of likely N-dealkylation sites (tertiary alicyclic amines) is 1. The third kappa shape index (κ3) is 4.52. The van der Waals surface area contributed by atoms with Crippen molar-refractivity contribution in [3.8, 4) is 0 Å².